The maximum Gasteiger partial charge on any atom is 0.273 e. The van der Waals surface area contributed by atoms with Crippen molar-refractivity contribution in [1.82, 2.24) is 30.2 Å². The zero-order valence-corrected chi connectivity index (χ0v) is 16.6. The first-order chi connectivity index (χ1) is 14.4. The van der Waals surface area contributed by atoms with E-state index in [-0.39, 0.29) is 17.9 Å². The first-order valence-electron chi connectivity index (χ1n) is 9.20. The minimum Gasteiger partial charge on any atom is -0.347 e. The summed E-state index contributed by atoms with van der Waals surface area (Å²) >= 11 is 1.22. The Morgan fingerprint density at radius 3 is 2.77 bits per heavy atom. The lowest BCUT2D eigenvalue weighted by Crippen LogP contribution is -2.39. The van der Waals surface area contributed by atoms with Crippen molar-refractivity contribution in [3.05, 3.63) is 64.4 Å². The molecule has 0 unspecified atom stereocenters. The lowest BCUT2D eigenvalue weighted by molar-refractivity contribution is 0.0117. The first kappa shape index (κ1) is 20.1. The highest BCUT2D eigenvalue weighted by Crippen LogP contribution is 2.33. The van der Waals surface area contributed by atoms with Crippen LogP contribution in [0.5, 0.6) is 0 Å². The van der Waals surface area contributed by atoms with Crippen molar-refractivity contribution in [3.63, 3.8) is 0 Å². The van der Waals surface area contributed by atoms with E-state index in [1.165, 1.54) is 33.1 Å². The van der Waals surface area contributed by atoms with Crippen LogP contribution in [0.4, 0.5) is 8.78 Å². The quantitative estimate of drug-likeness (QED) is 0.645. The summed E-state index contributed by atoms with van der Waals surface area (Å²) in [5.41, 5.74) is 2.63. The van der Waals surface area contributed by atoms with Gasteiger partial charge in [0.25, 0.3) is 17.7 Å². The summed E-state index contributed by atoms with van der Waals surface area (Å²) < 4.78 is 29.4. The molecule has 1 aromatic carbocycles. The van der Waals surface area contributed by atoms with E-state index in [0.717, 1.165) is 10.5 Å². The van der Waals surface area contributed by atoms with Crippen molar-refractivity contribution in [2.75, 3.05) is 6.54 Å². The second-order valence-electron chi connectivity index (χ2n) is 7.01. The zero-order valence-electron chi connectivity index (χ0n) is 15.7. The van der Waals surface area contributed by atoms with Gasteiger partial charge in [-0.2, -0.15) is 0 Å². The molecule has 1 aliphatic rings. The number of amides is 2. The van der Waals surface area contributed by atoms with Gasteiger partial charge < -0.3 is 10.2 Å². The standard InChI is InChI=1S/C19H18F2N6O2S/c20-19(21)6-14(27(11-19)18(29)16-10-30-12-23-16)8-26-9-15(24-25-26)17(28)22-7-13-4-2-1-3-5-13/h1-5,9-10,12,14H,6-8,11H2,(H,22,28)/t14-/m0/s1. The van der Waals surface area contributed by atoms with Gasteiger partial charge in [-0.3, -0.25) is 9.59 Å². The third-order valence-corrected chi connectivity index (χ3v) is 5.34. The Labute approximate surface area is 174 Å². The summed E-state index contributed by atoms with van der Waals surface area (Å²) in [7, 11) is 0. The maximum atomic E-state index is 14.0. The molecule has 30 heavy (non-hydrogen) atoms. The monoisotopic (exact) mass is 432 g/mol. The summed E-state index contributed by atoms with van der Waals surface area (Å²) in [5, 5.41) is 12.0. The molecule has 3 aromatic rings. The molecular weight excluding hydrogens is 414 g/mol. The fourth-order valence-electron chi connectivity index (χ4n) is 3.34. The fraction of sp³-hybridized carbons (Fsp3) is 0.316. The Kier molecular flexibility index (Phi) is 5.53. The summed E-state index contributed by atoms with van der Waals surface area (Å²) in [6, 6.07) is 8.60. The minimum absolute atomic E-state index is 0.00440. The number of hydrogen-bond acceptors (Lipinski definition) is 6. The van der Waals surface area contributed by atoms with E-state index >= 15 is 0 Å². The number of likely N-dealkylation sites (tertiary alicyclic amines) is 1. The molecule has 1 N–H and O–H groups in total. The number of nitrogens with one attached hydrogen (secondary N) is 1. The third-order valence-electron chi connectivity index (χ3n) is 4.75. The summed E-state index contributed by atoms with van der Waals surface area (Å²) in [5.74, 6) is -3.95. The van der Waals surface area contributed by atoms with Crippen molar-refractivity contribution in [1.29, 1.82) is 0 Å². The van der Waals surface area contributed by atoms with E-state index < -0.39 is 36.7 Å². The highest BCUT2D eigenvalue weighted by molar-refractivity contribution is 7.07. The number of aromatic nitrogens is 4. The summed E-state index contributed by atoms with van der Waals surface area (Å²) in [4.78, 5) is 29.9. The van der Waals surface area contributed by atoms with Gasteiger partial charge in [0.15, 0.2) is 5.69 Å². The Balaban J connectivity index is 1.41. The molecule has 11 heteroatoms. The molecule has 0 radical (unpaired) electrons. The molecule has 1 fully saturated rings. The van der Waals surface area contributed by atoms with Crippen LogP contribution in [-0.2, 0) is 13.1 Å². The van der Waals surface area contributed by atoms with Crippen LogP contribution in [0.2, 0.25) is 0 Å². The molecular formula is C19H18F2N6O2S. The van der Waals surface area contributed by atoms with Gasteiger partial charge in [-0.1, -0.05) is 35.5 Å². The Bertz CT molecular complexity index is 1020. The molecule has 2 aromatic heterocycles. The number of thiazole rings is 1. The normalized spacial score (nSPS) is 17.8. The van der Waals surface area contributed by atoms with Gasteiger partial charge in [0.2, 0.25) is 0 Å². The number of rotatable bonds is 6. The van der Waals surface area contributed by atoms with Crippen molar-refractivity contribution < 1.29 is 18.4 Å². The SMILES string of the molecule is O=C(NCc1ccccc1)c1cn(C[C@@H]2CC(F)(F)CN2C(=O)c2cscn2)nn1. The molecule has 1 aliphatic heterocycles. The zero-order chi connectivity index (χ0) is 21.1. The molecule has 2 amide bonds. The molecule has 1 saturated heterocycles. The molecule has 0 bridgehead atoms. The Hall–Kier alpha value is -3.21. The van der Waals surface area contributed by atoms with Crippen LogP contribution in [0.3, 0.4) is 0 Å². The summed E-state index contributed by atoms with van der Waals surface area (Å²) in [6.45, 7) is -0.338. The molecule has 4 rings (SSSR count). The number of carbonyl (C=O) groups excluding carboxylic acids is 2. The molecule has 8 nitrogen and oxygen atoms in total. The van der Waals surface area contributed by atoms with Crippen molar-refractivity contribution in [2.45, 2.75) is 31.5 Å². The van der Waals surface area contributed by atoms with Gasteiger partial charge in [0.1, 0.15) is 5.69 Å². The van der Waals surface area contributed by atoms with Crippen LogP contribution in [0, 0.1) is 0 Å². The van der Waals surface area contributed by atoms with E-state index in [1.54, 1.807) is 0 Å². The van der Waals surface area contributed by atoms with Gasteiger partial charge in [-0.05, 0) is 5.56 Å². The second kappa shape index (κ2) is 8.27. The van der Waals surface area contributed by atoms with Crippen LogP contribution < -0.4 is 5.32 Å². The van der Waals surface area contributed by atoms with Crippen LogP contribution in [0.25, 0.3) is 0 Å². The highest BCUT2D eigenvalue weighted by Gasteiger charge is 2.47. The lowest BCUT2D eigenvalue weighted by atomic mass is 10.2. The Morgan fingerprint density at radius 1 is 1.23 bits per heavy atom. The van der Waals surface area contributed by atoms with E-state index in [9.17, 15) is 18.4 Å². The van der Waals surface area contributed by atoms with E-state index in [4.69, 9.17) is 0 Å². The van der Waals surface area contributed by atoms with Gasteiger partial charge in [0.05, 0.1) is 30.8 Å². The fourth-order valence-corrected chi connectivity index (χ4v) is 3.87. The number of alkyl halides is 2. The maximum absolute atomic E-state index is 14.0. The van der Waals surface area contributed by atoms with Gasteiger partial charge >= 0.3 is 0 Å². The minimum atomic E-state index is -2.99. The number of benzene rings is 1. The van der Waals surface area contributed by atoms with Crippen LogP contribution in [0.1, 0.15) is 33.0 Å². The molecule has 1 atom stereocenters. The summed E-state index contributed by atoms with van der Waals surface area (Å²) in [6.07, 6.45) is 0.903. The van der Waals surface area contributed by atoms with Crippen LogP contribution in [0.15, 0.2) is 47.4 Å². The van der Waals surface area contributed by atoms with Crippen molar-refractivity contribution in [3.8, 4) is 0 Å². The second-order valence-corrected chi connectivity index (χ2v) is 7.73. The predicted octanol–water partition coefficient (Wildman–Crippen LogP) is 2.21. The van der Waals surface area contributed by atoms with Crippen molar-refractivity contribution in [2.24, 2.45) is 0 Å². The van der Waals surface area contributed by atoms with Crippen LogP contribution >= 0.6 is 11.3 Å². The van der Waals surface area contributed by atoms with E-state index in [0.29, 0.717) is 6.54 Å². The molecule has 0 saturated carbocycles. The number of halogens is 2. The van der Waals surface area contributed by atoms with Gasteiger partial charge in [0, 0.05) is 18.3 Å². The topological polar surface area (TPSA) is 93.0 Å². The average Bonchev–Trinajstić information content (AvgIpc) is 3.47. The van der Waals surface area contributed by atoms with E-state index in [1.807, 2.05) is 30.3 Å². The Morgan fingerprint density at radius 2 is 2.03 bits per heavy atom. The third kappa shape index (κ3) is 4.51. The van der Waals surface area contributed by atoms with Crippen molar-refractivity contribution >= 4 is 23.2 Å². The number of carbonyl (C=O) groups is 2. The lowest BCUT2D eigenvalue weighted by Gasteiger charge is -2.22. The van der Waals surface area contributed by atoms with Gasteiger partial charge in [-0.15, -0.1) is 16.4 Å². The average molecular weight is 432 g/mol. The van der Waals surface area contributed by atoms with Crippen LogP contribution in [-0.4, -0.2) is 55.2 Å². The largest absolute Gasteiger partial charge is 0.347 e. The number of nitrogens with zero attached hydrogens (tertiary/aromatic N) is 5. The van der Waals surface area contributed by atoms with E-state index in [2.05, 4.69) is 20.6 Å². The first-order valence-corrected chi connectivity index (χ1v) is 10.1. The molecule has 3 heterocycles. The molecule has 0 spiro atoms. The number of hydrogen-bond donors (Lipinski definition) is 1. The molecule has 156 valence electrons. The smallest absolute Gasteiger partial charge is 0.273 e. The predicted molar refractivity (Wildman–Crippen MR) is 104 cm³/mol. The molecule has 0 aliphatic carbocycles. The van der Waals surface area contributed by atoms with Gasteiger partial charge in [-0.25, -0.2) is 18.4 Å². The highest BCUT2D eigenvalue weighted by atomic mass is 32.1.